The molecule has 190 valence electrons. The average molecular weight is 488 g/mol. The summed E-state index contributed by atoms with van der Waals surface area (Å²) in [5.41, 5.74) is 6.53. The molecule has 1 rings (SSSR count). The van der Waals surface area contributed by atoms with E-state index in [4.69, 9.17) is 11.6 Å². The van der Waals surface area contributed by atoms with Gasteiger partial charge in [-0.15, -0.1) is 0 Å². The largest absolute Gasteiger partial charge is 0.390 e. The Labute approximate surface area is 213 Å². The molecule has 5 heteroatoms. The van der Waals surface area contributed by atoms with Crippen LogP contribution in [0.4, 0.5) is 5.69 Å². The quantitative estimate of drug-likeness (QED) is 0.149. The zero-order valence-electron chi connectivity index (χ0n) is 22.6. The van der Waals surface area contributed by atoms with Crippen molar-refractivity contribution in [1.29, 1.82) is 0 Å². The first-order chi connectivity index (χ1) is 16.2. The molecular formula is C29H46ClN3O. The molecule has 4 nitrogen and oxygen atoms in total. The summed E-state index contributed by atoms with van der Waals surface area (Å²) < 4.78 is 0. The number of hydrogen-bond acceptors (Lipinski definition) is 4. The maximum absolute atomic E-state index is 11.2. The standard InChI is InChI=1S/C29H46ClN3O/c1-9-12-18-33(24(7)32-28-17-15-25(20-34)19-21(28)4)29(23(6)31-8)27(16-14-22(5)30)26(11-3)13-10-2/h14-17,19-20,24,26,31-32H,9-13,18H2,1-8H3/b22-14+,27-16-,29-23-. The van der Waals surface area contributed by atoms with Gasteiger partial charge in [0.1, 0.15) is 6.29 Å². The molecular weight excluding hydrogens is 442 g/mol. The highest BCUT2D eigenvalue weighted by molar-refractivity contribution is 6.29. The van der Waals surface area contributed by atoms with Gasteiger partial charge < -0.3 is 15.5 Å². The summed E-state index contributed by atoms with van der Waals surface area (Å²) in [5, 5.41) is 7.93. The minimum absolute atomic E-state index is 0.0502. The van der Waals surface area contributed by atoms with E-state index in [0.717, 1.165) is 66.9 Å². The van der Waals surface area contributed by atoms with Gasteiger partial charge in [0.25, 0.3) is 0 Å². The first-order valence-electron chi connectivity index (χ1n) is 12.8. The molecule has 0 aliphatic heterocycles. The van der Waals surface area contributed by atoms with Gasteiger partial charge in [-0.2, -0.15) is 0 Å². The highest BCUT2D eigenvalue weighted by Gasteiger charge is 2.26. The van der Waals surface area contributed by atoms with Crippen molar-refractivity contribution in [2.75, 3.05) is 18.9 Å². The van der Waals surface area contributed by atoms with Crippen LogP contribution in [-0.4, -0.2) is 30.9 Å². The van der Waals surface area contributed by atoms with E-state index in [-0.39, 0.29) is 6.17 Å². The lowest BCUT2D eigenvalue weighted by Gasteiger charge is -2.38. The number of unbranched alkanes of at least 4 members (excludes halogenated alkanes) is 1. The number of aryl methyl sites for hydroxylation is 1. The number of carbonyl (C=O) groups is 1. The third-order valence-corrected chi connectivity index (χ3v) is 6.45. The van der Waals surface area contributed by atoms with Crippen LogP contribution in [0.2, 0.25) is 0 Å². The van der Waals surface area contributed by atoms with Crippen molar-refractivity contribution < 1.29 is 4.79 Å². The normalized spacial score (nSPS) is 14.9. The van der Waals surface area contributed by atoms with Crippen LogP contribution in [0, 0.1) is 12.8 Å². The number of aldehydes is 1. The van der Waals surface area contributed by atoms with Crippen molar-refractivity contribution in [3.05, 3.63) is 63.5 Å². The van der Waals surface area contributed by atoms with Crippen molar-refractivity contribution >= 4 is 23.6 Å². The zero-order valence-corrected chi connectivity index (χ0v) is 23.4. The van der Waals surface area contributed by atoms with Crippen LogP contribution >= 0.6 is 11.6 Å². The van der Waals surface area contributed by atoms with Crippen LogP contribution < -0.4 is 10.6 Å². The average Bonchev–Trinajstić information content (AvgIpc) is 2.82. The molecule has 1 aromatic carbocycles. The van der Waals surface area contributed by atoms with Gasteiger partial charge in [-0.3, -0.25) is 4.79 Å². The molecule has 0 heterocycles. The Kier molecular flexibility index (Phi) is 13.7. The molecule has 2 unspecified atom stereocenters. The first-order valence-corrected chi connectivity index (χ1v) is 13.1. The Morgan fingerprint density at radius 2 is 1.85 bits per heavy atom. The summed E-state index contributed by atoms with van der Waals surface area (Å²) in [5.74, 6) is 0.445. The SMILES string of the molecule is CCCCN(C(/C(=C\C=C(/C)Cl)C(CC)CCC)=C(/C)NC)C(C)Nc1ccc(C=O)cc1C. The Balaban J connectivity index is 3.59. The smallest absolute Gasteiger partial charge is 0.150 e. The molecule has 0 saturated carbocycles. The number of anilines is 1. The number of rotatable bonds is 15. The summed E-state index contributed by atoms with van der Waals surface area (Å²) in [4.78, 5) is 13.7. The second-order valence-corrected chi connectivity index (χ2v) is 9.65. The van der Waals surface area contributed by atoms with Crippen LogP contribution in [0.1, 0.15) is 89.6 Å². The maximum Gasteiger partial charge on any atom is 0.150 e. The number of nitrogens with one attached hydrogen (secondary N) is 2. The Morgan fingerprint density at radius 1 is 1.15 bits per heavy atom. The van der Waals surface area contributed by atoms with Gasteiger partial charge in [-0.25, -0.2) is 0 Å². The van der Waals surface area contributed by atoms with E-state index >= 15 is 0 Å². The van der Waals surface area contributed by atoms with Crippen LogP contribution in [0.5, 0.6) is 0 Å². The Morgan fingerprint density at radius 3 is 2.35 bits per heavy atom. The molecule has 0 amide bonds. The summed E-state index contributed by atoms with van der Waals surface area (Å²) in [7, 11) is 1.99. The molecule has 0 aliphatic carbocycles. The fraction of sp³-hybridized carbons (Fsp3) is 0.552. The van der Waals surface area contributed by atoms with E-state index < -0.39 is 0 Å². The monoisotopic (exact) mass is 487 g/mol. The Hall–Kier alpha value is -2.20. The van der Waals surface area contributed by atoms with Gasteiger partial charge in [-0.05, 0) is 88.3 Å². The van der Waals surface area contributed by atoms with Crippen molar-refractivity contribution in [3.63, 3.8) is 0 Å². The van der Waals surface area contributed by atoms with Crippen molar-refractivity contribution in [1.82, 2.24) is 10.2 Å². The predicted octanol–water partition coefficient (Wildman–Crippen LogP) is 8.01. The molecule has 0 aromatic heterocycles. The van der Waals surface area contributed by atoms with Gasteiger partial charge in [0, 0.05) is 35.6 Å². The summed E-state index contributed by atoms with van der Waals surface area (Å²) in [6.07, 6.45) is 10.7. The van der Waals surface area contributed by atoms with E-state index in [1.54, 1.807) is 0 Å². The molecule has 34 heavy (non-hydrogen) atoms. The molecule has 0 aliphatic rings. The number of benzene rings is 1. The van der Waals surface area contributed by atoms with E-state index in [1.165, 1.54) is 11.3 Å². The molecule has 0 saturated heterocycles. The van der Waals surface area contributed by atoms with Gasteiger partial charge in [0.05, 0.1) is 11.9 Å². The molecule has 2 N–H and O–H groups in total. The maximum atomic E-state index is 11.2. The lowest BCUT2D eigenvalue weighted by molar-refractivity contribution is 0.112. The van der Waals surface area contributed by atoms with Crippen molar-refractivity contribution in [3.8, 4) is 0 Å². The second kappa shape index (κ2) is 15.7. The Bertz CT molecular complexity index is 868. The van der Waals surface area contributed by atoms with Gasteiger partial charge in [0.15, 0.2) is 0 Å². The van der Waals surface area contributed by atoms with E-state index in [0.29, 0.717) is 11.5 Å². The van der Waals surface area contributed by atoms with Crippen LogP contribution in [-0.2, 0) is 0 Å². The first kappa shape index (κ1) is 29.8. The highest BCUT2D eigenvalue weighted by atomic mass is 35.5. The van der Waals surface area contributed by atoms with E-state index in [9.17, 15) is 4.79 Å². The van der Waals surface area contributed by atoms with Crippen molar-refractivity contribution in [2.45, 2.75) is 86.7 Å². The third-order valence-electron chi connectivity index (χ3n) is 6.32. The number of allylic oxidation sites excluding steroid dienone is 5. The summed E-state index contributed by atoms with van der Waals surface area (Å²) in [6, 6.07) is 5.81. The highest BCUT2D eigenvalue weighted by Crippen LogP contribution is 2.33. The molecule has 0 fully saturated rings. The van der Waals surface area contributed by atoms with Gasteiger partial charge in [0.2, 0.25) is 0 Å². The second-order valence-electron chi connectivity index (χ2n) is 9.05. The number of halogens is 1. The van der Waals surface area contributed by atoms with Gasteiger partial charge >= 0.3 is 0 Å². The molecule has 0 radical (unpaired) electrons. The predicted molar refractivity (Wildman–Crippen MR) is 149 cm³/mol. The summed E-state index contributed by atoms with van der Waals surface area (Å²) in [6.45, 7) is 16.0. The topological polar surface area (TPSA) is 44.4 Å². The van der Waals surface area contributed by atoms with Crippen LogP contribution in [0.25, 0.3) is 0 Å². The minimum Gasteiger partial charge on any atom is -0.390 e. The molecule has 2 atom stereocenters. The number of carbonyl (C=O) groups excluding carboxylic acids is 1. The summed E-state index contributed by atoms with van der Waals surface area (Å²) >= 11 is 6.27. The van der Waals surface area contributed by atoms with Gasteiger partial charge in [-0.1, -0.05) is 51.3 Å². The molecule has 0 bridgehead atoms. The lowest BCUT2D eigenvalue weighted by Crippen LogP contribution is -2.41. The lowest BCUT2D eigenvalue weighted by atomic mass is 9.87. The zero-order chi connectivity index (χ0) is 25.7. The van der Waals surface area contributed by atoms with Crippen molar-refractivity contribution in [2.24, 2.45) is 5.92 Å². The minimum atomic E-state index is 0.0502. The fourth-order valence-electron chi connectivity index (χ4n) is 4.31. The molecule has 0 spiro atoms. The van der Waals surface area contributed by atoms with E-state index in [1.807, 2.05) is 45.2 Å². The number of nitrogens with zero attached hydrogens (tertiary/aromatic N) is 1. The number of hydrogen-bond donors (Lipinski definition) is 2. The fourth-order valence-corrected chi connectivity index (χ4v) is 4.37. The van der Waals surface area contributed by atoms with Crippen LogP contribution in [0.3, 0.4) is 0 Å². The molecule has 1 aromatic rings. The van der Waals surface area contributed by atoms with Crippen LogP contribution in [0.15, 0.2) is 52.4 Å². The third kappa shape index (κ3) is 8.87. The van der Waals surface area contributed by atoms with E-state index in [2.05, 4.69) is 56.2 Å².